The molecule has 0 radical (unpaired) electrons. The van der Waals surface area contributed by atoms with E-state index in [0.29, 0.717) is 21.8 Å². The molecule has 0 atom stereocenters. The first kappa shape index (κ1) is 18.8. The van der Waals surface area contributed by atoms with Gasteiger partial charge >= 0.3 is 5.97 Å². The Hall–Kier alpha value is -3.58. The molecular weight excluding hydrogens is 391 g/mol. The summed E-state index contributed by atoms with van der Waals surface area (Å²) in [5.41, 5.74) is 2.26. The maximum Gasteiger partial charge on any atom is 0.339 e. The van der Waals surface area contributed by atoms with Gasteiger partial charge in [-0.15, -0.1) is 11.3 Å². The predicted molar refractivity (Wildman–Crippen MR) is 110 cm³/mol. The van der Waals surface area contributed by atoms with E-state index in [0.717, 1.165) is 10.2 Å². The minimum atomic E-state index is -0.617. The lowest BCUT2D eigenvalue weighted by atomic mass is 10.1. The molecule has 1 amide bonds. The van der Waals surface area contributed by atoms with Crippen LogP contribution in [0.1, 0.15) is 10.4 Å². The number of nitrogens with zero attached hydrogens (tertiary/aromatic N) is 1. The number of carbonyl (C=O) groups excluding carboxylic acids is 2. The molecule has 0 spiro atoms. The molecule has 4 aromatic rings. The summed E-state index contributed by atoms with van der Waals surface area (Å²) in [5.74, 6) is -1.53. The summed E-state index contributed by atoms with van der Waals surface area (Å²) in [7, 11) is 0. The van der Waals surface area contributed by atoms with Crippen LogP contribution in [0.25, 0.3) is 20.8 Å². The average Bonchev–Trinajstić information content (AvgIpc) is 3.18. The van der Waals surface area contributed by atoms with Crippen molar-refractivity contribution in [1.82, 2.24) is 4.98 Å². The van der Waals surface area contributed by atoms with Gasteiger partial charge in [-0.25, -0.2) is 14.2 Å². The summed E-state index contributed by atoms with van der Waals surface area (Å²) >= 11 is 1.48. The van der Waals surface area contributed by atoms with E-state index in [2.05, 4.69) is 10.3 Å². The highest BCUT2D eigenvalue weighted by Gasteiger charge is 2.18. The molecule has 29 heavy (non-hydrogen) atoms. The molecule has 0 saturated heterocycles. The smallest absolute Gasteiger partial charge is 0.339 e. The van der Waals surface area contributed by atoms with Crippen LogP contribution in [0.5, 0.6) is 0 Å². The van der Waals surface area contributed by atoms with Crippen LogP contribution < -0.4 is 5.32 Å². The average molecular weight is 406 g/mol. The van der Waals surface area contributed by atoms with Crippen LogP contribution in [0.15, 0.2) is 72.8 Å². The molecule has 0 bridgehead atoms. The summed E-state index contributed by atoms with van der Waals surface area (Å²) in [6.07, 6.45) is 0. The fourth-order valence-electron chi connectivity index (χ4n) is 2.77. The Balaban J connectivity index is 1.47. The number of hydrogen-bond donors (Lipinski definition) is 1. The van der Waals surface area contributed by atoms with E-state index in [4.69, 9.17) is 4.74 Å². The highest BCUT2D eigenvalue weighted by atomic mass is 32.1. The zero-order valence-corrected chi connectivity index (χ0v) is 15.9. The number of thiazole rings is 1. The van der Waals surface area contributed by atoms with Gasteiger partial charge in [0.05, 0.1) is 15.8 Å². The van der Waals surface area contributed by atoms with E-state index in [1.165, 1.54) is 35.6 Å². The third kappa shape index (κ3) is 4.30. The van der Waals surface area contributed by atoms with Crippen molar-refractivity contribution in [3.05, 3.63) is 84.2 Å². The number of benzene rings is 3. The first-order valence-electron chi connectivity index (χ1n) is 8.78. The minimum absolute atomic E-state index is 0.334. The van der Waals surface area contributed by atoms with E-state index in [9.17, 15) is 14.0 Å². The summed E-state index contributed by atoms with van der Waals surface area (Å²) in [5, 5.41) is 3.25. The highest BCUT2D eigenvalue weighted by Crippen LogP contribution is 2.32. The number of aromatic nitrogens is 1. The summed E-state index contributed by atoms with van der Waals surface area (Å²) < 4.78 is 19.1. The van der Waals surface area contributed by atoms with Crippen molar-refractivity contribution < 1.29 is 18.7 Å². The van der Waals surface area contributed by atoms with Crippen LogP contribution in [-0.4, -0.2) is 23.5 Å². The summed E-state index contributed by atoms with van der Waals surface area (Å²) in [4.78, 5) is 29.2. The molecule has 1 heterocycles. The second-order valence-electron chi connectivity index (χ2n) is 6.16. The van der Waals surface area contributed by atoms with Crippen molar-refractivity contribution in [2.75, 3.05) is 11.9 Å². The number of halogens is 1. The largest absolute Gasteiger partial charge is 0.452 e. The van der Waals surface area contributed by atoms with Crippen LogP contribution >= 0.6 is 11.3 Å². The standard InChI is InChI=1S/C22H15FN2O3S/c23-14-9-11-15(12-10-14)24-20(26)13-28-22(27)17-6-2-1-5-16(17)21-25-18-7-3-4-8-19(18)29-21/h1-12H,13H2,(H,24,26). The molecule has 0 aliphatic rings. The van der Waals surface area contributed by atoms with E-state index in [1.807, 2.05) is 30.3 Å². The molecule has 5 nitrogen and oxygen atoms in total. The van der Waals surface area contributed by atoms with Crippen LogP contribution in [0.4, 0.5) is 10.1 Å². The molecular formula is C22H15FN2O3S. The van der Waals surface area contributed by atoms with Gasteiger partial charge in [-0.3, -0.25) is 4.79 Å². The van der Waals surface area contributed by atoms with E-state index >= 15 is 0 Å². The van der Waals surface area contributed by atoms with Gasteiger partial charge in [-0.1, -0.05) is 30.3 Å². The lowest BCUT2D eigenvalue weighted by molar-refractivity contribution is -0.119. The number of fused-ring (bicyclic) bond motifs is 1. The Kier molecular flexibility index (Phi) is 5.31. The Bertz CT molecular complexity index is 1160. The van der Waals surface area contributed by atoms with Gasteiger partial charge in [0, 0.05) is 11.3 Å². The number of rotatable bonds is 5. The monoisotopic (exact) mass is 406 g/mol. The molecule has 7 heteroatoms. The molecule has 0 saturated carbocycles. The Labute approximate surface area is 169 Å². The molecule has 0 unspecified atom stereocenters. The zero-order valence-electron chi connectivity index (χ0n) is 15.1. The number of para-hydroxylation sites is 1. The van der Waals surface area contributed by atoms with Crippen molar-refractivity contribution in [3.8, 4) is 10.6 Å². The maximum atomic E-state index is 12.9. The van der Waals surface area contributed by atoms with Crippen LogP contribution in [0.3, 0.4) is 0 Å². The predicted octanol–water partition coefficient (Wildman–Crippen LogP) is 4.90. The van der Waals surface area contributed by atoms with Crippen molar-refractivity contribution in [2.45, 2.75) is 0 Å². The number of hydrogen-bond acceptors (Lipinski definition) is 5. The molecule has 1 aromatic heterocycles. The first-order chi connectivity index (χ1) is 14.1. The fourth-order valence-corrected chi connectivity index (χ4v) is 3.78. The van der Waals surface area contributed by atoms with Gasteiger partial charge in [0.2, 0.25) is 0 Å². The van der Waals surface area contributed by atoms with Gasteiger partial charge in [0.25, 0.3) is 5.91 Å². The minimum Gasteiger partial charge on any atom is -0.452 e. The lowest BCUT2D eigenvalue weighted by Gasteiger charge is -2.09. The van der Waals surface area contributed by atoms with E-state index < -0.39 is 24.3 Å². The van der Waals surface area contributed by atoms with Gasteiger partial charge in [0.1, 0.15) is 10.8 Å². The molecule has 144 valence electrons. The maximum absolute atomic E-state index is 12.9. The molecule has 3 aromatic carbocycles. The van der Waals surface area contributed by atoms with Gasteiger partial charge in [-0.2, -0.15) is 0 Å². The number of anilines is 1. The van der Waals surface area contributed by atoms with Crippen LogP contribution in [0, 0.1) is 5.82 Å². The number of carbonyl (C=O) groups is 2. The van der Waals surface area contributed by atoms with Crippen molar-refractivity contribution >= 4 is 39.1 Å². The summed E-state index contributed by atoms with van der Waals surface area (Å²) in [6, 6.07) is 20.0. The SMILES string of the molecule is O=C(COC(=O)c1ccccc1-c1nc2ccccc2s1)Nc1ccc(F)cc1. The molecule has 0 aliphatic heterocycles. The Morgan fingerprint density at radius 1 is 0.966 bits per heavy atom. The first-order valence-corrected chi connectivity index (χ1v) is 9.59. The molecule has 0 fully saturated rings. The third-order valence-electron chi connectivity index (χ3n) is 4.13. The Morgan fingerprint density at radius 2 is 1.69 bits per heavy atom. The second-order valence-corrected chi connectivity index (χ2v) is 7.19. The second kappa shape index (κ2) is 8.20. The van der Waals surface area contributed by atoms with Crippen molar-refractivity contribution in [2.24, 2.45) is 0 Å². The fraction of sp³-hybridized carbons (Fsp3) is 0.0455. The number of amides is 1. The zero-order chi connectivity index (χ0) is 20.2. The Morgan fingerprint density at radius 3 is 2.48 bits per heavy atom. The highest BCUT2D eigenvalue weighted by molar-refractivity contribution is 7.21. The van der Waals surface area contributed by atoms with Crippen molar-refractivity contribution in [3.63, 3.8) is 0 Å². The quantitative estimate of drug-likeness (QED) is 0.479. The summed E-state index contributed by atoms with van der Waals surface area (Å²) in [6.45, 7) is -0.454. The molecule has 1 N–H and O–H groups in total. The van der Waals surface area contributed by atoms with Gasteiger partial charge < -0.3 is 10.1 Å². The van der Waals surface area contributed by atoms with Crippen molar-refractivity contribution in [1.29, 1.82) is 0 Å². The number of esters is 1. The van der Waals surface area contributed by atoms with E-state index in [1.54, 1.807) is 18.2 Å². The van der Waals surface area contributed by atoms with Gasteiger partial charge in [0.15, 0.2) is 6.61 Å². The number of nitrogens with one attached hydrogen (secondary N) is 1. The van der Waals surface area contributed by atoms with E-state index in [-0.39, 0.29) is 0 Å². The van der Waals surface area contributed by atoms with Crippen LogP contribution in [-0.2, 0) is 9.53 Å². The third-order valence-corrected chi connectivity index (χ3v) is 5.20. The molecule has 4 rings (SSSR count). The van der Waals surface area contributed by atoms with Gasteiger partial charge in [-0.05, 0) is 42.5 Å². The topological polar surface area (TPSA) is 68.3 Å². The van der Waals surface area contributed by atoms with Crippen LogP contribution in [0.2, 0.25) is 0 Å². The molecule has 0 aliphatic carbocycles. The lowest BCUT2D eigenvalue weighted by Crippen LogP contribution is -2.21. The number of ether oxygens (including phenoxy) is 1. The normalized spacial score (nSPS) is 10.7.